The van der Waals surface area contributed by atoms with Crippen LogP contribution < -0.4 is 6.15 Å². The van der Waals surface area contributed by atoms with Crippen molar-refractivity contribution in [2.24, 2.45) is 0 Å². The molecule has 4 rings (SSSR count). The van der Waals surface area contributed by atoms with Crippen molar-refractivity contribution in [1.82, 2.24) is 16.0 Å². The van der Waals surface area contributed by atoms with Gasteiger partial charge < -0.3 is 11.1 Å². The van der Waals surface area contributed by atoms with Gasteiger partial charge in [-0.25, -0.2) is 0 Å². The maximum atomic E-state index is 6.25. The van der Waals surface area contributed by atoms with Crippen LogP contribution in [0.2, 0.25) is 5.02 Å². The van der Waals surface area contributed by atoms with Gasteiger partial charge in [0, 0.05) is 37.2 Å². The summed E-state index contributed by atoms with van der Waals surface area (Å²) in [5.41, 5.74) is 3.18. The van der Waals surface area contributed by atoms with Gasteiger partial charge >= 0.3 is 0 Å². The Morgan fingerprint density at radius 2 is 1.61 bits per heavy atom. The van der Waals surface area contributed by atoms with Gasteiger partial charge in [0.15, 0.2) is 0 Å². The first-order valence-corrected chi connectivity index (χ1v) is 11.8. The summed E-state index contributed by atoms with van der Waals surface area (Å²) in [6.45, 7) is 8.61. The molecule has 1 saturated carbocycles. The van der Waals surface area contributed by atoms with Crippen molar-refractivity contribution >= 4 is 24.0 Å². The third-order valence-corrected chi connectivity index (χ3v) is 7.52. The Morgan fingerprint density at radius 1 is 0.935 bits per heavy atom. The summed E-state index contributed by atoms with van der Waals surface area (Å²) >= 11 is 6.25. The smallest absolute Gasteiger partial charge is 0.0408 e. The van der Waals surface area contributed by atoms with Crippen molar-refractivity contribution < 1.29 is 0 Å². The van der Waals surface area contributed by atoms with Crippen LogP contribution in [-0.2, 0) is 11.8 Å². The molecular weight excluding hydrogens is 425 g/mol. The molecule has 0 bridgehead atoms. The molecule has 0 radical (unpaired) electrons. The lowest BCUT2D eigenvalue weighted by atomic mass is 9.69. The van der Waals surface area contributed by atoms with E-state index < -0.39 is 0 Å². The van der Waals surface area contributed by atoms with E-state index in [1.165, 1.54) is 82.4 Å². The third-order valence-electron chi connectivity index (χ3n) is 7.29. The minimum atomic E-state index is 0. The average Bonchev–Trinajstić information content (AvgIpc) is 2.76. The zero-order valence-corrected chi connectivity index (χ0v) is 20.5. The van der Waals surface area contributed by atoms with Gasteiger partial charge in [0.25, 0.3) is 0 Å². The standard InChI is InChI=1S/C26H35ClN2.ClH.H3N/c1-26(23-10-5-11-24(27)21-23)14-12-25(13-15-26)29-19-17-28(18-20-29)16-6-9-22-7-3-2-4-8-22;;/h2-5,7-8,10-11,21,25H,6,9,12-20H2,1H3;1H;1H3. The third kappa shape index (κ3) is 6.94. The molecule has 2 aromatic carbocycles. The summed E-state index contributed by atoms with van der Waals surface area (Å²) < 4.78 is 0. The first kappa shape index (κ1) is 26.2. The molecule has 0 atom stereocenters. The summed E-state index contributed by atoms with van der Waals surface area (Å²) in [5.74, 6) is 0. The number of piperazine rings is 1. The molecule has 1 heterocycles. The minimum Gasteiger partial charge on any atom is -0.344 e. The monoisotopic (exact) mass is 463 g/mol. The Hall–Kier alpha value is -1.10. The predicted octanol–water partition coefficient (Wildman–Crippen LogP) is 6.37. The number of rotatable bonds is 6. The molecule has 2 aliphatic rings. The van der Waals surface area contributed by atoms with Crippen LogP contribution in [0.5, 0.6) is 0 Å². The molecule has 2 fully saturated rings. The molecule has 0 spiro atoms. The second-order valence-electron chi connectivity index (χ2n) is 9.27. The summed E-state index contributed by atoms with van der Waals surface area (Å²) in [6.07, 6.45) is 7.65. The fraction of sp³-hybridized carbons (Fsp3) is 0.538. The zero-order chi connectivity index (χ0) is 20.1. The van der Waals surface area contributed by atoms with Crippen LogP contribution in [-0.4, -0.2) is 48.6 Å². The molecule has 172 valence electrons. The van der Waals surface area contributed by atoms with Crippen molar-refractivity contribution in [3.8, 4) is 0 Å². The summed E-state index contributed by atoms with van der Waals surface area (Å²) in [7, 11) is 0. The first-order valence-electron chi connectivity index (χ1n) is 11.4. The fourth-order valence-corrected chi connectivity index (χ4v) is 5.45. The van der Waals surface area contributed by atoms with E-state index in [9.17, 15) is 0 Å². The number of hydrogen-bond donors (Lipinski definition) is 1. The van der Waals surface area contributed by atoms with Gasteiger partial charge in [-0.05, 0) is 73.7 Å². The first-order chi connectivity index (χ1) is 14.1. The van der Waals surface area contributed by atoms with Crippen LogP contribution in [0.3, 0.4) is 0 Å². The summed E-state index contributed by atoms with van der Waals surface area (Å²) in [6, 6.07) is 20.2. The van der Waals surface area contributed by atoms with Crippen LogP contribution in [0, 0.1) is 0 Å². The maximum Gasteiger partial charge on any atom is 0.0408 e. The number of nitrogens with zero attached hydrogens (tertiary/aromatic N) is 2. The maximum absolute atomic E-state index is 6.25. The van der Waals surface area contributed by atoms with E-state index in [1.54, 1.807) is 0 Å². The summed E-state index contributed by atoms with van der Waals surface area (Å²) in [4.78, 5) is 5.43. The van der Waals surface area contributed by atoms with Crippen LogP contribution in [0.1, 0.15) is 50.2 Å². The topological polar surface area (TPSA) is 41.5 Å². The number of aryl methyl sites for hydroxylation is 1. The van der Waals surface area contributed by atoms with Gasteiger partial charge in [-0.1, -0.05) is 61.0 Å². The molecule has 5 heteroatoms. The van der Waals surface area contributed by atoms with E-state index in [0.717, 1.165) is 11.1 Å². The molecule has 2 aromatic rings. The van der Waals surface area contributed by atoms with Gasteiger partial charge in [-0.3, -0.25) is 4.90 Å². The number of halogens is 2. The van der Waals surface area contributed by atoms with Crippen molar-refractivity contribution in [1.29, 1.82) is 0 Å². The van der Waals surface area contributed by atoms with Gasteiger partial charge in [0.05, 0.1) is 0 Å². The highest BCUT2D eigenvalue weighted by Crippen LogP contribution is 2.41. The lowest BCUT2D eigenvalue weighted by Gasteiger charge is -2.45. The molecule has 31 heavy (non-hydrogen) atoms. The lowest BCUT2D eigenvalue weighted by molar-refractivity contribution is 0.0667. The van der Waals surface area contributed by atoms with Crippen LogP contribution in [0.25, 0.3) is 0 Å². The van der Waals surface area contributed by atoms with Gasteiger partial charge in [0.2, 0.25) is 0 Å². The fourth-order valence-electron chi connectivity index (χ4n) is 5.26. The van der Waals surface area contributed by atoms with Gasteiger partial charge in [-0.2, -0.15) is 0 Å². The van der Waals surface area contributed by atoms with Gasteiger partial charge in [-0.15, -0.1) is 12.4 Å². The molecule has 1 saturated heterocycles. The van der Waals surface area contributed by atoms with Gasteiger partial charge in [0.1, 0.15) is 0 Å². The minimum absolute atomic E-state index is 0. The van der Waals surface area contributed by atoms with E-state index in [4.69, 9.17) is 11.6 Å². The number of benzene rings is 2. The molecule has 1 aliphatic carbocycles. The second-order valence-corrected chi connectivity index (χ2v) is 9.71. The van der Waals surface area contributed by atoms with E-state index in [1.807, 2.05) is 6.07 Å². The highest BCUT2D eigenvalue weighted by molar-refractivity contribution is 6.30. The van der Waals surface area contributed by atoms with E-state index in [-0.39, 0.29) is 18.6 Å². The molecule has 0 amide bonds. The van der Waals surface area contributed by atoms with Crippen molar-refractivity contribution in [3.63, 3.8) is 0 Å². The van der Waals surface area contributed by atoms with E-state index in [0.29, 0.717) is 5.41 Å². The Morgan fingerprint density at radius 3 is 2.26 bits per heavy atom. The Bertz CT molecular complexity index is 767. The zero-order valence-electron chi connectivity index (χ0n) is 18.9. The predicted molar refractivity (Wildman–Crippen MR) is 136 cm³/mol. The number of hydrogen-bond acceptors (Lipinski definition) is 3. The van der Waals surface area contributed by atoms with E-state index in [2.05, 4.69) is 65.3 Å². The molecule has 3 nitrogen and oxygen atoms in total. The van der Waals surface area contributed by atoms with Crippen LogP contribution in [0.15, 0.2) is 54.6 Å². The Labute approximate surface area is 200 Å². The lowest BCUT2D eigenvalue weighted by Crippen LogP contribution is -2.52. The quantitative estimate of drug-likeness (QED) is 0.540. The highest BCUT2D eigenvalue weighted by Gasteiger charge is 2.35. The summed E-state index contributed by atoms with van der Waals surface area (Å²) in [5, 5.41) is 0.870. The Balaban J connectivity index is 0.00000171. The van der Waals surface area contributed by atoms with Crippen LogP contribution in [0.4, 0.5) is 0 Å². The second kappa shape index (κ2) is 12.2. The van der Waals surface area contributed by atoms with Crippen molar-refractivity contribution in [2.45, 2.75) is 56.9 Å². The van der Waals surface area contributed by atoms with E-state index >= 15 is 0 Å². The average molecular weight is 465 g/mol. The normalized spacial score (nSPS) is 24.8. The van der Waals surface area contributed by atoms with Crippen LogP contribution >= 0.6 is 24.0 Å². The largest absolute Gasteiger partial charge is 0.344 e. The highest BCUT2D eigenvalue weighted by atomic mass is 35.5. The molecule has 3 N–H and O–H groups in total. The van der Waals surface area contributed by atoms with Crippen molar-refractivity contribution in [3.05, 3.63) is 70.7 Å². The molecule has 1 aliphatic heterocycles. The molecule has 0 unspecified atom stereocenters. The Kier molecular flexibility index (Phi) is 10.3. The molecular formula is C26H39Cl2N3. The molecule has 0 aromatic heterocycles. The SMILES string of the molecule is CC1(c2cccc(Cl)c2)CCC(N2CCN(CCCc3ccccc3)CC2)CC1.Cl.N. The van der Waals surface area contributed by atoms with Crippen molar-refractivity contribution in [2.75, 3.05) is 32.7 Å².